The highest BCUT2D eigenvalue weighted by molar-refractivity contribution is 7.90. The summed E-state index contributed by atoms with van der Waals surface area (Å²) < 4.78 is 55.5. The average Bonchev–Trinajstić information content (AvgIpc) is 2.96. The zero-order valence-electron chi connectivity index (χ0n) is 14.7. The van der Waals surface area contributed by atoms with E-state index in [0.717, 1.165) is 22.6 Å². The van der Waals surface area contributed by atoms with Crippen LogP contribution in [0, 0.1) is 18.6 Å². The van der Waals surface area contributed by atoms with Crippen LogP contribution in [0.4, 0.5) is 8.78 Å². The van der Waals surface area contributed by atoms with Crippen LogP contribution in [0.25, 0.3) is 22.2 Å². The van der Waals surface area contributed by atoms with Crippen LogP contribution in [0.15, 0.2) is 35.2 Å². The topological polar surface area (TPSA) is 42.3 Å². The highest BCUT2D eigenvalue weighted by Crippen LogP contribution is 2.46. The van der Waals surface area contributed by atoms with Gasteiger partial charge in [-0.3, -0.25) is 0 Å². The molecule has 4 nitrogen and oxygen atoms in total. The Kier molecular flexibility index (Phi) is 3.71. The number of fused-ring (bicyclic) bond motifs is 5. The fraction of sp³-hybridized carbons (Fsp3) is 0.263. The molecule has 1 aliphatic heterocycles. The zero-order chi connectivity index (χ0) is 18.8. The fourth-order valence-corrected chi connectivity index (χ4v) is 5.43. The van der Waals surface area contributed by atoms with Crippen LogP contribution in [-0.2, 0) is 16.4 Å². The van der Waals surface area contributed by atoms with Crippen molar-refractivity contribution in [1.29, 1.82) is 0 Å². The Hall–Kier alpha value is -2.25. The molecule has 0 radical (unpaired) electrons. The third-order valence-corrected chi connectivity index (χ3v) is 6.55. The summed E-state index contributed by atoms with van der Waals surface area (Å²) in [5, 5.41) is 0.806. The van der Waals surface area contributed by atoms with Gasteiger partial charge in [-0.05, 0) is 51.2 Å². The number of aryl methyl sites for hydroxylation is 1. The van der Waals surface area contributed by atoms with Crippen LogP contribution in [0.2, 0.25) is 0 Å². The Labute approximate surface area is 150 Å². The minimum absolute atomic E-state index is 0.102. The molecular formula is C19H18F2N2O2S. The van der Waals surface area contributed by atoms with Crippen molar-refractivity contribution in [2.75, 3.05) is 20.6 Å². The lowest BCUT2D eigenvalue weighted by Crippen LogP contribution is -2.15. The van der Waals surface area contributed by atoms with Crippen LogP contribution in [0.1, 0.15) is 11.1 Å². The summed E-state index contributed by atoms with van der Waals surface area (Å²) in [7, 11) is -0.259. The SMILES string of the molecule is Cc1ccc2c(c1)c(CCN(C)C)c1n2S(=O)(=O)c2c(F)cc(F)cc2-1. The van der Waals surface area contributed by atoms with Gasteiger partial charge in [0.2, 0.25) is 0 Å². The van der Waals surface area contributed by atoms with Gasteiger partial charge in [0.05, 0.1) is 11.2 Å². The van der Waals surface area contributed by atoms with E-state index >= 15 is 0 Å². The predicted molar refractivity (Wildman–Crippen MR) is 96.9 cm³/mol. The molecule has 0 unspecified atom stereocenters. The van der Waals surface area contributed by atoms with E-state index in [1.165, 1.54) is 3.97 Å². The van der Waals surface area contributed by atoms with Crippen molar-refractivity contribution in [1.82, 2.24) is 8.87 Å². The van der Waals surface area contributed by atoms with E-state index in [1.807, 2.05) is 38.1 Å². The summed E-state index contributed by atoms with van der Waals surface area (Å²) in [5.41, 5.74) is 2.77. The molecule has 1 aliphatic rings. The maximum atomic E-state index is 14.4. The van der Waals surface area contributed by atoms with E-state index in [1.54, 1.807) is 6.07 Å². The number of hydrogen-bond acceptors (Lipinski definition) is 3. The number of halogens is 2. The van der Waals surface area contributed by atoms with Crippen molar-refractivity contribution in [2.45, 2.75) is 18.2 Å². The van der Waals surface area contributed by atoms with Crippen LogP contribution in [0.3, 0.4) is 0 Å². The minimum atomic E-state index is -4.11. The van der Waals surface area contributed by atoms with Crippen LogP contribution >= 0.6 is 0 Å². The van der Waals surface area contributed by atoms with Gasteiger partial charge < -0.3 is 4.90 Å². The van der Waals surface area contributed by atoms with Gasteiger partial charge in [-0.2, -0.15) is 0 Å². The maximum absolute atomic E-state index is 14.4. The molecule has 0 saturated carbocycles. The highest BCUT2D eigenvalue weighted by atomic mass is 32.2. The van der Waals surface area contributed by atoms with Gasteiger partial charge >= 0.3 is 0 Å². The predicted octanol–water partition coefficient (Wildman–Crippen LogP) is 3.55. The summed E-state index contributed by atoms with van der Waals surface area (Å²) in [6.07, 6.45) is 0.572. The van der Waals surface area contributed by atoms with Gasteiger partial charge in [-0.15, -0.1) is 0 Å². The number of likely N-dealkylation sites (N-methyl/N-ethyl adjacent to an activating group) is 1. The molecule has 7 heteroatoms. The fourth-order valence-electron chi connectivity index (χ4n) is 3.64. The third-order valence-electron chi connectivity index (χ3n) is 4.76. The summed E-state index contributed by atoms with van der Waals surface area (Å²) in [4.78, 5) is 1.55. The van der Waals surface area contributed by atoms with Crippen molar-refractivity contribution in [2.24, 2.45) is 0 Å². The van der Waals surface area contributed by atoms with Crippen molar-refractivity contribution < 1.29 is 17.2 Å². The Morgan fingerprint density at radius 1 is 1.12 bits per heavy atom. The lowest BCUT2D eigenvalue weighted by molar-refractivity contribution is 0.414. The minimum Gasteiger partial charge on any atom is -0.309 e. The molecule has 0 bridgehead atoms. The van der Waals surface area contributed by atoms with Gasteiger partial charge in [-0.1, -0.05) is 11.6 Å². The zero-order valence-corrected chi connectivity index (χ0v) is 15.5. The molecule has 1 aromatic heterocycles. The van der Waals surface area contributed by atoms with E-state index in [4.69, 9.17) is 0 Å². The summed E-state index contributed by atoms with van der Waals surface area (Å²) in [6.45, 7) is 2.62. The van der Waals surface area contributed by atoms with Gasteiger partial charge in [0.25, 0.3) is 10.0 Å². The molecule has 4 rings (SSSR count). The molecule has 0 N–H and O–H groups in total. The van der Waals surface area contributed by atoms with E-state index in [2.05, 4.69) is 0 Å². The Balaban J connectivity index is 2.15. The summed E-state index contributed by atoms with van der Waals surface area (Å²) in [5.74, 6) is -1.84. The first-order chi connectivity index (χ1) is 12.2. The molecule has 0 saturated heterocycles. The number of aromatic nitrogens is 1. The second-order valence-electron chi connectivity index (χ2n) is 6.93. The van der Waals surface area contributed by atoms with E-state index in [-0.39, 0.29) is 5.56 Å². The standard InChI is InChI=1S/C19H18F2N2O2S/c1-11-4-5-17-14(8-11)13(6-7-22(2)3)18-15-9-12(20)10-16(21)19(15)26(24,25)23(17)18/h4-5,8-10H,6-7H2,1-3H3. The second kappa shape index (κ2) is 5.62. The van der Waals surface area contributed by atoms with Crippen LogP contribution < -0.4 is 0 Å². The average molecular weight is 376 g/mol. The number of nitrogens with zero attached hydrogens (tertiary/aromatic N) is 2. The molecule has 26 heavy (non-hydrogen) atoms. The molecule has 136 valence electrons. The Morgan fingerprint density at radius 2 is 1.85 bits per heavy atom. The molecule has 2 heterocycles. The molecule has 2 aromatic carbocycles. The van der Waals surface area contributed by atoms with Crippen molar-refractivity contribution >= 4 is 20.9 Å². The number of hydrogen-bond donors (Lipinski definition) is 0. The Morgan fingerprint density at radius 3 is 2.54 bits per heavy atom. The quantitative estimate of drug-likeness (QED) is 0.549. The lowest BCUT2D eigenvalue weighted by Gasteiger charge is -2.10. The molecule has 3 aromatic rings. The van der Waals surface area contributed by atoms with E-state index < -0.39 is 26.6 Å². The molecule has 0 spiro atoms. The van der Waals surface area contributed by atoms with Gasteiger partial charge in [-0.25, -0.2) is 21.2 Å². The van der Waals surface area contributed by atoms with E-state index in [0.29, 0.717) is 30.2 Å². The third kappa shape index (κ3) is 2.30. The lowest BCUT2D eigenvalue weighted by atomic mass is 10.0. The highest BCUT2D eigenvalue weighted by Gasteiger charge is 2.39. The van der Waals surface area contributed by atoms with Gasteiger partial charge in [0.15, 0.2) is 0 Å². The number of benzene rings is 2. The van der Waals surface area contributed by atoms with Crippen LogP contribution in [-0.4, -0.2) is 37.9 Å². The summed E-state index contributed by atoms with van der Waals surface area (Å²) >= 11 is 0. The van der Waals surface area contributed by atoms with Gasteiger partial charge in [0.1, 0.15) is 16.5 Å². The second-order valence-corrected chi connectivity index (χ2v) is 8.66. The normalized spacial score (nSPS) is 14.8. The van der Waals surface area contributed by atoms with Crippen molar-refractivity contribution in [3.05, 3.63) is 53.1 Å². The first-order valence-electron chi connectivity index (χ1n) is 8.25. The first kappa shape index (κ1) is 17.2. The van der Waals surface area contributed by atoms with Crippen molar-refractivity contribution in [3.63, 3.8) is 0 Å². The van der Waals surface area contributed by atoms with Crippen LogP contribution in [0.5, 0.6) is 0 Å². The van der Waals surface area contributed by atoms with Crippen molar-refractivity contribution in [3.8, 4) is 11.3 Å². The molecule has 0 aliphatic carbocycles. The van der Waals surface area contributed by atoms with Gasteiger partial charge in [0, 0.05) is 23.6 Å². The monoisotopic (exact) mass is 376 g/mol. The number of rotatable bonds is 3. The molecule has 0 atom stereocenters. The van der Waals surface area contributed by atoms with E-state index in [9.17, 15) is 17.2 Å². The molecular weight excluding hydrogens is 358 g/mol. The maximum Gasteiger partial charge on any atom is 0.272 e. The molecule has 0 amide bonds. The Bertz CT molecular complexity index is 1160. The molecule has 0 fully saturated rings. The summed E-state index contributed by atoms with van der Waals surface area (Å²) in [6, 6.07) is 7.21. The first-order valence-corrected chi connectivity index (χ1v) is 9.69. The largest absolute Gasteiger partial charge is 0.309 e. The smallest absolute Gasteiger partial charge is 0.272 e.